The maximum atomic E-state index is 13.2. The largest absolute Gasteiger partial charge is 0.493 e. The molecule has 6 nitrogen and oxygen atoms in total. The van der Waals surface area contributed by atoms with Crippen LogP contribution in [-0.4, -0.2) is 29.7 Å². The molecule has 0 unspecified atom stereocenters. The summed E-state index contributed by atoms with van der Waals surface area (Å²) in [7, 11) is 5.13. The average Bonchev–Trinajstić information content (AvgIpc) is 3.31. The summed E-state index contributed by atoms with van der Waals surface area (Å²) < 4.78 is 12.7. The van der Waals surface area contributed by atoms with Crippen LogP contribution in [0.25, 0.3) is 21.8 Å². The molecule has 30 heavy (non-hydrogen) atoms. The molecule has 5 rings (SSSR count). The smallest absolute Gasteiger partial charge is 0.268 e. The van der Waals surface area contributed by atoms with Gasteiger partial charge in [-0.1, -0.05) is 18.2 Å². The first-order chi connectivity index (χ1) is 14.6. The first-order valence-corrected chi connectivity index (χ1v) is 10.2. The predicted octanol–water partition coefficient (Wildman–Crippen LogP) is 4.48. The topological polar surface area (TPSA) is 68.3 Å². The fourth-order valence-corrected chi connectivity index (χ4v) is 4.67. The van der Waals surface area contributed by atoms with Gasteiger partial charge in [0.1, 0.15) is 5.69 Å². The fraction of sp³-hybridized carbons (Fsp3) is 0.292. The van der Waals surface area contributed by atoms with Crippen LogP contribution in [0, 0.1) is 0 Å². The van der Waals surface area contributed by atoms with Crippen molar-refractivity contribution in [2.45, 2.75) is 25.3 Å². The third-order valence-electron chi connectivity index (χ3n) is 6.20. The van der Waals surface area contributed by atoms with Crippen molar-refractivity contribution in [2.24, 2.45) is 7.05 Å². The van der Waals surface area contributed by atoms with E-state index in [2.05, 4.69) is 28.5 Å². The highest BCUT2D eigenvalue weighted by molar-refractivity contribution is 5.99. The monoisotopic (exact) mass is 403 g/mol. The van der Waals surface area contributed by atoms with E-state index in [1.54, 1.807) is 14.2 Å². The number of fused-ring (bicyclic) bond motifs is 4. The summed E-state index contributed by atoms with van der Waals surface area (Å²) >= 11 is 0. The zero-order chi connectivity index (χ0) is 20.8. The number of nitrogens with zero attached hydrogens (tertiary/aromatic N) is 1. The lowest BCUT2D eigenvalue weighted by atomic mass is 9.91. The zero-order valence-electron chi connectivity index (χ0n) is 17.4. The molecule has 2 N–H and O–H groups in total. The molecule has 0 radical (unpaired) electrons. The Morgan fingerprint density at radius 2 is 1.90 bits per heavy atom. The van der Waals surface area contributed by atoms with Gasteiger partial charge in [0, 0.05) is 35.1 Å². The average molecular weight is 403 g/mol. The molecule has 154 valence electrons. The number of aromatic nitrogens is 2. The summed E-state index contributed by atoms with van der Waals surface area (Å²) in [5.74, 6) is 1.22. The summed E-state index contributed by atoms with van der Waals surface area (Å²) in [4.78, 5) is 16.8. The van der Waals surface area contributed by atoms with Crippen molar-refractivity contribution in [3.8, 4) is 11.5 Å². The number of aryl methyl sites for hydroxylation is 2. The minimum Gasteiger partial charge on any atom is -0.493 e. The number of benzene rings is 2. The van der Waals surface area contributed by atoms with E-state index in [1.165, 1.54) is 10.9 Å². The molecule has 0 bridgehead atoms. The van der Waals surface area contributed by atoms with E-state index in [0.717, 1.165) is 41.4 Å². The van der Waals surface area contributed by atoms with Crippen LogP contribution in [0.3, 0.4) is 0 Å². The molecular weight excluding hydrogens is 378 g/mol. The fourth-order valence-electron chi connectivity index (χ4n) is 4.67. The molecule has 0 spiro atoms. The maximum absolute atomic E-state index is 13.2. The van der Waals surface area contributed by atoms with Crippen LogP contribution in [0.15, 0.2) is 42.5 Å². The van der Waals surface area contributed by atoms with Crippen molar-refractivity contribution in [1.82, 2.24) is 14.9 Å². The SMILES string of the molecule is COc1cc2cc(C(=O)N[C@H]3CCCc4c3[nH]c3ccccc43)n(C)c2cc1OC. The Hall–Kier alpha value is -3.41. The van der Waals surface area contributed by atoms with Crippen molar-refractivity contribution in [3.63, 3.8) is 0 Å². The van der Waals surface area contributed by atoms with E-state index in [-0.39, 0.29) is 11.9 Å². The first-order valence-electron chi connectivity index (χ1n) is 10.2. The molecule has 0 saturated carbocycles. The van der Waals surface area contributed by atoms with Gasteiger partial charge in [0.05, 0.1) is 25.8 Å². The van der Waals surface area contributed by atoms with Crippen LogP contribution < -0.4 is 14.8 Å². The third-order valence-corrected chi connectivity index (χ3v) is 6.20. The van der Waals surface area contributed by atoms with Gasteiger partial charge in [0.25, 0.3) is 5.91 Å². The number of hydrogen-bond acceptors (Lipinski definition) is 3. The Bertz CT molecular complexity index is 1270. The molecule has 1 amide bonds. The van der Waals surface area contributed by atoms with E-state index < -0.39 is 0 Å². The van der Waals surface area contributed by atoms with Crippen molar-refractivity contribution in [3.05, 3.63) is 59.4 Å². The number of aromatic amines is 1. The van der Waals surface area contributed by atoms with Gasteiger partial charge in [0.2, 0.25) is 0 Å². The summed E-state index contributed by atoms with van der Waals surface area (Å²) in [5.41, 5.74) is 5.13. The van der Waals surface area contributed by atoms with E-state index in [9.17, 15) is 4.79 Å². The molecule has 2 aromatic heterocycles. The second kappa shape index (κ2) is 7.13. The Kier molecular flexibility index (Phi) is 4.42. The quantitative estimate of drug-likeness (QED) is 0.528. The number of rotatable bonds is 4. The van der Waals surface area contributed by atoms with Gasteiger partial charge >= 0.3 is 0 Å². The molecule has 1 atom stereocenters. The lowest BCUT2D eigenvalue weighted by Gasteiger charge is -2.24. The normalized spacial score (nSPS) is 15.9. The third kappa shape index (κ3) is 2.83. The number of methoxy groups -OCH3 is 2. The number of carbonyl (C=O) groups is 1. The minimum atomic E-state index is -0.0804. The molecule has 2 heterocycles. The van der Waals surface area contributed by atoms with Crippen molar-refractivity contribution < 1.29 is 14.3 Å². The van der Waals surface area contributed by atoms with Crippen LogP contribution in [0.4, 0.5) is 0 Å². The van der Waals surface area contributed by atoms with Gasteiger partial charge in [-0.3, -0.25) is 4.79 Å². The highest BCUT2D eigenvalue weighted by atomic mass is 16.5. The van der Waals surface area contributed by atoms with Crippen LogP contribution in [0.2, 0.25) is 0 Å². The van der Waals surface area contributed by atoms with Gasteiger partial charge in [0.15, 0.2) is 11.5 Å². The predicted molar refractivity (Wildman–Crippen MR) is 117 cm³/mol. The zero-order valence-corrected chi connectivity index (χ0v) is 17.4. The Labute approximate surface area is 174 Å². The number of H-pyrrole nitrogens is 1. The number of amides is 1. The summed E-state index contributed by atoms with van der Waals surface area (Å²) in [6.07, 6.45) is 3.03. The number of hydrogen-bond donors (Lipinski definition) is 2. The number of nitrogens with one attached hydrogen (secondary N) is 2. The van der Waals surface area contributed by atoms with E-state index in [0.29, 0.717) is 17.2 Å². The minimum absolute atomic E-state index is 0.0178. The van der Waals surface area contributed by atoms with E-state index in [1.807, 2.05) is 35.9 Å². The van der Waals surface area contributed by atoms with E-state index in [4.69, 9.17) is 9.47 Å². The van der Waals surface area contributed by atoms with Gasteiger partial charge in [-0.15, -0.1) is 0 Å². The van der Waals surface area contributed by atoms with Gasteiger partial charge < -0.3 is 24.3 Å². The van der Waals surface area contributed by atoms with Crippen LogP contribution >= 0.6 is 0 Å². The van der Waals surface area contributed by atoms with Crippen LogP contribution in [-0.2, 0) is 13.5 Å². The molecule has 4 aromatic rings. The molecule has 0 fully saturated rings. The Morgan fingerprint density at radius 3 is 2.70 bits per heavy atom. The Balaban J connectivity index is 1.49. The van der Waals surface area contributed by atoms with Gasteiger partial charge in [-0.25, -0.2) is 0 Å². The molecular formula is C24H25N3O3. The standard InChI is InChI=1S/C24H25N3O3/c1-27-19-13-22(30-3)21(29-2)12-14(19)11-20(27)24(28)26-18-10-6-8-16-15-7-4-5-9-17(15)25-23(16)18/h4-5,7,9,11-13,18,25H,6,8,10H2,1-3H3,(H,26,28)/t18-/m0/s1. The van der Waals surface area contributed by atoms with Gasteiger partial charge in [-0.05, 0) is 43.0 Å². The number of ether oxygens (including phenoxy) is 2. The number of para-hydroxylation sites is 1. The second-order valence-corrected chi connectivity index (χ2v) is 7.84. The molecule has 1 aliphatic rings. The van der Waals surface area contributed by atoms with E-state index >= 15 is 0 Å². The lowest BCUT2D eigenvalue weighted by molar-refractivity contribution is 0.0924. The summed E-state index contributed by atoms with van der Waals surface area (Å²) in [6.45, 7) is 0. The first kappa shape index (κ1) is 18.6. The second-order valence-electron chi connectivity index (χ2n) is 7.84. The highest BCUT2D eigenvalue weighted by Gasteiger charge is 2.27. The molecule has 1 aliphatic carbocycles. The lowest BCUT2D eigenvalue weighted by Crippen LogP contribution is -2.32. The number of carbonyl (C=O) groups excluding carboxylic acids is 1. The van der Waals surface area contributed by atoms with Crippen molar-refractivity contribution >= 4 is 27.7 Å². The molecule has 2 aromatic carbocycles. The van der Waals surface area contributed by atoms with Crippen molar-refractivity contribution in [1.29, 1.82) is 0 Å². The maximum Gasteiger partial charge on any atom is 0.268 e. The van der Waals surface area contributed by atoms with Crippen molar-refractivity contribution in [2.75, 3.05) is 14.2 Å². The highest BCUT2D eigenvalue weighted by Crippen LogP contribution is 2.36. The Morgan fingerprint density at radius 1 is 1.13 bits per heavy atom. The summed E-state index contributed by atoms with van der Waals surface area (Å²) in [5, 5.41) is 5.46. The van der Waals surface area contributed by atoms with Crippen LogP contribution in [0.5, 0.6) is 11.5 Å². The molecule has 6 heteroatoms. The summed E-state index contributed by atoms with van der Waals surface area (Å²) in [6, 6.07) is 14.0. The molecule has 0 aliphatic heterocycles. The molecule has 0 saturated heterocycles. The van der Waals surface area contributed by atoms with Crippen LogP contribution in [0.1, 0.15) is 40.6 Å². The van der Waals surface area contributed by atoms with Gasteiger partial charge in [-0.2, -0.15) is 0 Å².